The normalized spacial score (nSPS) is 17.4. The van der Waals surface area contributed by atoms with Crippen molar-refractivity contribution in [1.29, 1.82) is 0 Å². The van der Waals surface area contributed by atoms with Gasteiger partial charge in [0.1, 0.15) is 5.65 Å². The van der Waals surface area contributed by atoms with E-state index in [1.807, 2.05) is 31.5 Å². The monoisotopic (exact) mass is 464 g/mol. The molecule has 0 saturated heterocycles. The Hall–Kier alpha value is -3.44. The molecule has 1 amide bonds. The molecule has 35 heavy (non-hydrogen) atoms. The second kappa shape index (κ2) is 8.35. The van der Waals surface area contributed by atoms with Crippen molar-refractivity contribution in [3.05, 3.63) is 76.6 Å². The summed E-state index contributed by atoms with van der Waals surface area (Å²) in [7, 11) is 5.81. The molecule has 4 aromatic rings. The minimum Gasteiger partial charge on any atom is -0.346 e. The molecule has 178 valence electrons. The van der Waals surface area contributed by atoms with Gasteiger partial charge in [-0.2, -0.15) is 0 Å². The number of benzene rings is 2. The molecule has 1 N–H and O–H groups in total. The zero-order valence-electron chi connectivity index (χ0n) is 21.0. The van der Waals surface area contributed by atoms with E-state index in [0.29, 0.717) is 5.92 Å². The Morgan fingerprint density at radius 2 is 1.91 bits per heavy atom. The van der Waals surface area contributed by atoms with Crippen molar-refractivity contribution in [1.82, 2.24) is 19.8 Å². The van der Waals surface area contributed by atoms with E-state index in [0.717, 1.165) is 45.4 Å². The van der Waals surface area contributed by atoms with Crippen molar-refractivity contribution in [3.8, 4) is 22.3 Å². The summed E-state index contributed by atoms with van der Waals surface area (Å²) in [5.74, 6) is 0.713. The van der Waals surface area contributed by atoms with E-state index < -0.39 is 0 Å². The molecule has 2 aromatic carbocycles. The Morgan fingerprint density at radius 3 is 2.71 bits per heavy atom. The fourth-order valence-corrected chi connectivity index (χ4v) is 6.12. The molecular formula is C30H32N4O. The lowest BCUT2D eigenvalue weighted by atomic mass is 9.76. The summed E-state index contributed by atoms with van der Waals surface area (Å²) in [6.07, 6.45) is 7.79. The fraction of sp³-hybridized carbons (Fsp3) is 0.333. The second-order valence-corrected chi connectivity index (χ2v) is 10.5. The van der Waals surface area contributed by atoms with E-state index in [-0.39, 0.29) is 5.91 Å². The molecule has 1 aliphatic heterocycles. The number of aromatic nitrogens is 2. The Kier molecular flexibility index (Phi) is 5.26. The first kappa shape index (κ1) is 22.1. The van der Waals surface area contributed by atoms with Crippen LogP contribution in [0.2, 0.25) is 0 Å². The number of likely N-dealkylation sites (N-methyl/N-ethyl adjacent to an activating group) is 1. The van der Waals surface area contributed by atoms with E-state index in [2.05, 4.69) is 41.2 Å². The van der Waals surface area contributed by atoms with Crippen LogP contribution < -0.4 is 0 Å². The highest BCUT2D eigenvalue weighted by atomic mass is 16.2. The van der Waals surface area contributed by atoms with Crippen LogP contribution in [-0.2, 0) is 13.0 Å². The number of pyridine rings is 1. The minimum absolute atomic E-state index is 0.0289. The Balaban J connectivity index is 1.43. The van der Waals surface area contributed by atoms with E-state index >= 15 is 0 Å². The zero-order valence-corrected chi connectivity index (χ0v) is 21.0. The molecule has 5 nitrogen and oxygen atoms in total. The van der Waals surface area contributed by atoms with Crippen molar-refractivity contribution in [3.63, 3.8) is 0 Å². The van der Waals surface area contributed by atoms with Crippen molar-refractivity contribution in [2.45, 2.75) is 38.6 Å². The van der Waals surface area contributed by atoms with E-state index in [4.69, 9.17) is 4.98 Å². The van der Waals surface area contributed by atoms with Gasteiger partial charge in [0.05, 0.1) is 0 Å². The summed E-state index contributed by atoms with van der Waals surface area (Å²) < 4.78 is 0. The fourth-order valence-electron chi connectivity index (χ4n) is 6.12. The smallest absolute Gasteiger partial charge is 0.253 e. The molecule has 0 bridgehead atoms. The minimum atomic E-state index is 0.0289. The molecule has 0 fully saturated rings. The lowest BCUT2D eigenvalue weighted by Crippen LogP contribution is -2.33. The Bertz CT molecular complexity index is 1460. The van der Waals surface area contributed by atoms with Crippen LogP contribution in [0.3, 0.4) is 0 Å². The maximum absolute atomic E-state index is 12.5. The van der Waals surface area contributed by atoms with Crippen LogP contribution in [0, 0.1) is 6.92 Å². The summed E-state index contributed by atoms with van der Waals surface area (Å²) in [5, 5.41) is 1.11. The zero-order chi connectivity index (χ0) is 24.3. The highest BCUT2D eigenvalue weighted by Crippen LogP contribution is 2.41. The predicted molar refractivity (Wildman–Crippen MR) is 142 cm³/mol. The van der Waals surface area contributed by atoms with Crippen LogP contribution in [0.1, 0.15) is 51.4 Å². The maximum atomic E-state index is 12.5. The van der Waals surface area contributed by atoms with Gasteiger partial charge in [0.25, 0.3) is 5.91 Å². The van der Waals surface area contributed by atoms with E-state index in [1.165, 1.54) is 42.5 Å². The predicted octanol–water partition coefficient (Wildman–Crippen LogP) is 5.77. The highest BCUT2D eigenvalue weighted by molar-refractivity contribution is 5.99. The third-order valence-corrected chi connectivity index (χ3v) is 7.77. The molecule has 1 aliphatic carbocycles. The van der Waals surface area contributed by atoms with Gasteiger partial charge in [0.15, 0.2) is 0 Å². The lowest BCUT2D eigenvalue weighted by Gasteiger charge is -2.37. The molecular weight excluding hydrogens is 432 g/mol. The van der Waals surface area contributed by atoms with Gasteiger partial charge in [-0.25, -0.2) is 4.98 Å². The standard InChI is InChI=1S/C30H32N4O/c1-18-10-19(8-9-25(18)30(35)33(2)3)27-15-32-29-26(27)13-23(14-31-29)22-11-20-6-5-7-21-16-34(4)17-24(12-22)28(20)21/h8-15,21H,5-7,16-17H2,1-4H3,(H,31,32). The van der Waals surface area contributed by atoms with Gasteiger partial charge in [-0.15, -0.1) is 0 Å². The third-order valence-electron chi connectivity index (χ3n) is 7.77. The van der Waals surface area contributed by atoms with Crippen molar-refractivity contribution in [2.24, 2.45) is 0 Å². The lowest BCUT2D eigenvalue weighted by molar-refractivity contribution is 0.0827. The molecule has 2 aromatic heterocycles. The summed E-state index contributed by atoms with van der Waals surface area (Å²) >= 11 is 0. The van der Waals surface area contributed by atoms with Crippen LogP contribution in [0.4, 0.5) is 0 Å². The summed E-state index contributed by atoms with van der Waals surface area (Å²) in [5.41, 5.74) is 11.9. The number of H-pyrrole nitrogens is 1. The number of carbonyl (C=O) groups excluding carboxylic acids is 1. The quantitative estimate of drug-likeness (QED) is 0.419. The molecule has 5 heteroatoms. The average molecular weight is 465 g/mol. The summed E-state index contributed by atoms with van der Waals surface area (Å²) in [4.78, 5) is 24.7. The number of nitrogens with one attached hydrogen (secondary N) is 1. The Labute approximate surface area is 206 Å². The van der Waals surface area contributed by atoms with Gasteiger partial charge in [-0.3, -0.25) is 4.79 Å². The SMILES string of the molecule is Cc1cc(-c2c[nH]c3ncc(-c4cc5c6c(c4)CN(C)CC6CCC5)cc23)ccc1C(=O)N(C)C. The maximum Gasteiger partial charge on any atom is 0.253 e. The van der Waals surface area contributed by atoms with Gasteiger partial charge in [-0.1, -0.05) is 18.2 Å². The van der Waals surface area contributed by atoms with Crippen molar-refractivity contribution in [2.75, 3.05) is 27.7 Å². The van der Waals surface area contributed by atoms with Crippen LogP contribution in [0.25, 0.3) is 33.3 Å². The third kappa shape index (κ3) is 3.75. The number of aromatic amines is 1. The van der Waals surface area contributed by atoms with Crippen LogP contribution in [0.15, 0.2) is 48.8 Å². The largest absolute Gasteiger partial charge is 0.346 e. The van der Waals surface area contributed by atoms with Crippen LogP contribution >= 0.6 is 0 Å². The van der Waals surface area contributed by atoms with Gasteiger partial charge in [0.2, 0.25) is 0 Å². The molecule has 1 atom stereocenters. The van der Waals surface area contributed by atoms with Crippen LogP contribution in [-0.4, -0.2) is 53.4 Å². The van der Waals surface area contributed by atoms with E-state index in [9.17, 15) is 4.79 Å². The summed E-state index contributed by atoms with van der Waals surface area (Å²) in [6.45, 7) is 4.20. The molecule has 3 heterocycles. The first-order chi connectivity index (χ1) is 16.9. The average Bonchev–Trinajstić information content (AvgIpc) is 3.26. The second-order valence-electron chi connectivity index (χ2n) is 10.5. The molecule has 2 aliphatic rings. The Morgan fingerprint density at radius 1 is 1.09 bits per heavy atom. The number of carbonyl (C=O) groups is 1. The van der Waals surface area contributed by atoms with Gasteiger partial charge < -0.3 is 14.8 Å². The number of aryl methyl sites for hydroxylation is 2. The van der Waals surface area contributed by atoms with Gasteiger partial charge in [0, 0.05) is 61.7 Å². The highest BCUT2D eigenvalue weighted by Gasteiger charge is 2.29. The van der Waals surface area contributed by atoms with Crippen LogP contribution in [0.5, 0.6) is 0 Å². The topological polar surface area (TPSA) is 52.2 Å². The molecule has 0 saturated carbocycles. The number of rotatable bonds is 3. The first-order valence-electron chi connectivity index (χ1n) is 12.5. The molecule has 1 unspecified atom stereocenters. The van der Waals surface area contributed by atoms with Gasteiger partial charge >= 0.3 is 0 Å². The number of amides is 1. The van der Waals surface area contributed by atoms with Crippen molar-refractivity contribution >= 4 is 16.9 Å². The molecule has 6 rings (SSSR count). The van der Waals surface area contributed by atoms with Crippen molar-refractivity contribution < 1.29 is 4.79 Å². The molecule has 0 radical (unpaired) electrons. The van der Waals surface area contributed by atoms with Gasteiger partial charge in [-0.05, 0) is 90.7 Å². The number of fused-ring (bicyclic) bond motifs is 1. The number of nitrogens with zero attached hydrogens (tertiary/aromatic N) is 3. The molecule has 0 spiro atoms. The summed E-state index contributed by atoms with van der Waals surface area (Å²) in [6, 6.07) is 13.2. The first-order valence-corrected chi connectivity index (χ1v) is 12.5. The van der Waals surface area contributed by atoms with E-state index in [1.54, 1.807) is 24.6 Å². The number of hydrogen-bond acceptors (Lipinski definition) is 3. The number of hydrogen-bond donors (Lipinski definition) is 1.